The average Bonchev–Trinajstić information content (AvgIpc) is 2.67. The number of carbonyl (C=O) groups excluding carboxylic acids is 4. The Kier molecular flexibility index (Phi) is 14.2. The standard InChI is InChI=1S/C17H32N6O6S/c1-30-7-5-11(16(27)23-12(17(28)29)4-2-3-6-18)22-14(25)9-21-15(26)10(19)8-13(20)24/h10-12H,2-9,18-19H2,1H3,(H2,20,24)(H,21,26)(H,22,25)(H,23,27)(H,28,29). The normalized spacial score (nSPS) is 13.6. The molecule has 0 heterocycles. The van der Waals surface area contributed by atoms with E-state index in [0.29, 0.717) is 25.1 Å². The second-order valence-corrected chi connectivity index (χ2v) is 7.57. The number of thioether (sulfide) groups is 1. The summed E-state index contributed by atoms with van der Waals surface area (Å²) in [6.07, 6.45) is 3.10. The molecule has 0 saturated heterocycles. The lowest BCUT2D eigenvalue weighted by atomic mass is 10.1. The molecule has 0 aromatic heterocycles. The van der Waals surface area contributed by atoms with Crippen LogP contribution in [0.15, 0.2) is 0 Å². The number of primary amides is 1. The third-order valence-electron chi connectivity index (χ3n) is 4.00. The Bertz CT molecular complexity index is 605. The molecule has 3 atom stereocenters. The largest absolute Gasteiger partial charge is 0.480 e. The minimum Gasteiger partial charge on any atom is -0.480 e. The predicted octanol–water partition coefficient (Wildman–Crippen LogP) is -2.76. The minimum absolute atomic E-state index is 0.218. The Morgan fingerprint density at radius 3 is 2.20 bits per heavy atom. The number of nitrogens with one attached hydrogen (secondary N) is 3. The highest BCUT2D eigenvalue weighted by Gasteiger charge is 2.26. The Morgan fingerprint density at radius 2 is 1.67 bits per heavy atom. The van der Waals surface area contributed by atoms with E-state index in [1.165, 1.54) is 11.8 Å². The van der Waals surface area contributed by atoms with Crippen LogP contribution in [-0.4, -0.2) is 77.9 Å². The van der Waals surface area contributed by atoms with Gasteiger partial charge >= 0.3 is 5.97 Å². The van der Waals surface area contributed by atoms with Crippen LogP contribution in [0.5, 0.6) is 0 Å². The van der Waals surface area contributed by atoms with Crippen molar-refractivity contribution in [3.63, 3.8) is 0 Å². The van der Waals surface area contributed by atoms with Gasteiger partial charge in [0.1, 0.15) is 12.1 Å². The third kappa shape index (κ3) is 12.2. The molecule has 0 rings (SSSR count). The molecule has 0 fully saturated rings. The van der Waals surface area contributed by atoms with Crippen molar-refractivity contribution < 1.29 is 29.1 Å². The first-order valence-corrected chi connectivity index (χ1v) is 10.8. The summed E-state index contributed by atoms with van der Waals surface area (Å²) in [6.45, 7) is -0.0469. The van der Waals surface area contributed by atoms with E-state index in [9.17, 15) is 29.1 Å². The zero-order valence-corrected chi connectivity index (χ0v) is 17.8. The molecule has 13 heteroatoms. The van der Waals surface area contributed by atoms with Gasteiger partial charge in [-0.2, -0.15) is 11.8 Å². The second-order valence-electron chi connectivity index (χ2n) is 6.58. The van der Waals surface area contributed by atoms with E-state index in [0.717, 1.165) is 0 Å². The van der Waals surface area contributed by atoms with Gasteiger partial charge in [0.15, 0.2) is 0 Å². The van der Waals surface area contributed by atoms with Gasteiger partial charge < -0.3 is 38.3 Å². The van der Waals surface area contributed by atoms with Gasteiger partial charge in [-0.1, -0.05) is 0 Å². The molecule has 0 aromatic carbocycles. The van der Waals surface area contributed by atoms with Crippen LogP contribution in [0, 0.1) is 0 Å². The van der Waals surface area contributed by atoms with E-state index in [-0.39, 0.29) is 19.3 Å². The topological polar surface area (TPSA) is 220 Å². The minimum atomic E-state index is -1.18. The van der Waals surface area contributed by atoms with Crippen LogP contribution in [0.2, 0.25) is 0 Å². The molecule has 0 spiro atoms. The van der Waals surface area contributed by atoms with Crippen molar-refractivity contribution in [3.8, 4) is 0 Å². The average molecular weight is 449 g/mol. The van der Waals surface area contributed by atoms with Crippen LogP contribution in [0.1, 0.15) is 32.1 Å². The SMILES string of the molecule is CSCCC(NC(=O)CNC(=O)C(N)CC(N)=O)C(=O)NC(CCCCN)C(=O)O. The smallest absolute Gasteiger partial charge is 0.326 e. The zero-order chi connectivity index (χ0) is 23.1. The van der Waals surface area contributed by atoms with Crippen molar-refractivity contribution in [3.05, 3.63) is 0 Å². The van der Waals surface area contributed by atoms with E-state index in [1.807, 2.05) is 6.26 Å². The first-order chi connectivity index (χ1) is 14.1. The molecule has 3 unspecified atom stereocenters. The first-order valence-electron chi connectivity index (χ1n) is 9.45. The van der Waals surface area contributed by atoms with Crippen LogP contribution in [-0.2, 0) is 24.0 Å². The van der Waals surface area contributed by atoms with Gasteiger partial charge in [-0.3, -0.25) is 19.2 Å². The number of nitrogens with two attached hydrogens (primary N) is 3. The van der Waals surface area contributed by atoms with E-state index in [2.05, 4.69) is 16.0 Å². The van der Waals surface area contributed by atoms with Crippen LogP contribution in [0.3, 0.4) is 0 Å². The maximum atomic E-state index is 12.5. The maximum Gasteiger partial charge on any atom is 0.326 e. The molecular formula is C17H32N6O6S. The fourth-order valence-corrected chi connectivity index (χ4v) is 2.85. The molecule has 0 aromatic rings. The van der Waals surface area contributed by atoms with Crippen LogP contribution >= 0.6 is 11.8 Å². The summed E-state index contributed by atoms with van der Waals surface area (Å²) in [6, 6.07) is -3.25. The summed E-state index contributed by atoms with van der Waals surface area (Å²) in [7, 11) is 0. The van der Waals surface area contributed by atoms with E-state index in [1.54, 1.807) is 0 Å². The molecule has 0 aliphatic carbocycles. The van der Waals surface area contributed by atoms with E-state index < -0.39 is 54.3 Å². The van der Waals surface area contributed by atoms with Crippen molar-refractivity contribution in [2.24, 2.45) is 17.2 Å². The highest BCUT2D eigenvalue weighted by Crippen LogP contribution is 2.05. The van der Waals surface area contributed by atoms with Gasteiger partial charge in [0, 0.05) is 0 Å². The Hall–Kier alpha value is -2.38. The lowest BCUT2D eigenvalue weighted by Crippen LogP contribution is -2.54. The monoisotopic (exact) mass is 448 g/mol. The number of carbonyl (C=O) groups is 5. The van der Waals surface area contributed by atoms with E-state index >= 15 is 0 Å². The third-order valence-corrected chi connectivity index (χ3v) is 4.65. The van der Waals surface area contributed by atoms with Crippen molar-refractivity contribution >= 4 is 41.4 Å². The molecule has 0 aliphatic heterocycles. The van der Waals surface area contributed by atoms with Crippen molar-refractivity contribution in [1.82, 2.24) is 16.0 Å². The number of carboxylic acid groups (broad SMARTS) is 1. The highest BCUT2D eigenvalue weighted by atomic mass is 32.2. The molecule has 172 valence electrons. The van der Waals surface area contributed by atoms with Gasteiger partial charge in [0.05, 0.1) is 19.0 Å². The number of amides is 4. The Morgan fingerprint density at radius 1 is 1.00 bits per heavy atom. The number of unbranched alkanes of at least 4 members (excludes halogenated alkanes) is 1. The quantitative estimate of drug-likeness (QED) is 0.121. The highest BCUT2D eigenvalue weighted by molar-refractivity contribution is 7.98. The number of rotatable bonds is 16. The van der Waals surface area contributed by atoms with Crippen molar-refractivity contribution in [2.75, 3.05) is 25.1 Å². The molecule has 12 nitrogen and oxygen atoms in total. The first kappa shape index (κ1) is 27.6. The summed E-state index contributed by atoms with van der Waals surface area (Å²) in [4.78, 5) is 58.5. The maximum absolute atomic E-state index is 12.5. The number of hydrogen-bond donors (Lipinski definition) is 7. The summed E-state index contributed by atoms with van der Waals surface area (Å²) < 4.78 is 0. The van der Waals surface area contributed by atoms with E-state index in [4.69, 9.17) is 17.2 Å². The molecule has 10 N–H and O–H groups in total. The van der Waals surface area contributed by atoms with Crippen molar-refractivity contribution in [1.29, 1.82) is 0 Å². The molecule has 0 aliphatic rings. The van der Waals surface area contributed by atoms with Gasteiger partial charge in [-0.25, -0.2) is 4.79 Å². The molecule has 0 bridgehead atoms. The van der Waals surface area contributed by atoms with Gasteiger partial charge in [0.25, 0.3) is 0 Å². The molecule has 0 radical (unpaired) electrons. The summed E-state index contributed by atoms with van der Waals surface area (Å²) in [5, 5.41) is 16.5. The lowest BCUT2D eigenvalue weighted by Gasteiger charge is -2.21. The van der Waals surface area contributed by atoms with Gasteiger partial charge in [0.2, 0.25) is 23.6 Å². The Labute approximate surface area is 179 Å². The molecule has 0 saturated carbocycles. The fourth-order valence-electron chi connectivity index (χ4n) is 2.38. The number of hydrogen-bond acceptors (Lipinski definition) is 8. The van der Waals surface area contributed by atoms with Crippen LogP contribution < -0.4 is 33.2 Å². The number of carboxylic acids is 1. The summed E-state index contributed by atoms with van der Waals surface area (Å²) in [5.41, 5.74) is 15.8. The van der Waals surface area contributed by atoms with Gasteiger partial charge in [-0.05, 0) is 44.2 Å². The summed E-state index contributed by atoms with van der Waals surface area (Å²) in [5.74, 6) is -3.42. The fraction of sp³-hybridized carbons (Fsp3) is 0.706. The van der Waals surface area contributed by atoms with Crippen LogP contribution in [0.25, 0.3) is 0 Å². The molecule has 4 amide bonds. The second kappa shape index (κ2) is 15.5. The predicted molar refractivity (Wildman–Crippen MR) is 112 cm³/mol. The van der Waals surface area contributed by atoms with Crippen molar-refractivity contribution in [2.45, 2.75) is 50.2 Å². The molecule has 30 heavy (non-hydrogen) atoms. The zero-order valence-electron chi connectivity index (χ0n) is 17.0. The van der Waals surface area contributed by atoms with Crippen LogP contribution in [0.4, 0.5) is 0 Å². The summed E-state index contributed by atoms with van der Waals surface area (Å²) >= 11 is 1.45. The Balaban J connectivity index is 4.82. The number of aliphatic carboxylic acids is 1. The van der Waals surface area contributed by atoms with Gasteiger partial charge in [-0.15, -0.1) is 0 Å². The molecular weight excluding hydrogens is 416 g/mol. The lowest BCUT2D eigenvalue weighted by molar-refractivity contribution is -0.142.